The van der Waals surface area contributed by atoms with Crippen LogP contribution in [0.3, 0.4) is 0 Å². The second kappa shape index (κ2) is 26.1. The fourth-order valence-corrected chi connectivity index (χ4v) is 56.7. The van der Waals surface area contributed by atoms with Gasteiger partial charge in [-0.2, -0.15) is 0 Å². The summed E-state index contributed by atoms with van der Waals surface area (Å²) in [6, 6.07) is 7.57. The van der Waals surface area contributed by atoms with Crippen LogP contribution in [0.15, 0.2) is 0 Å². The van der Waals surface area contributed by atoms with Gasteiger partial charge in [-0.05, 0) is 101 Å². The van der Waals surface area contributed by atoms with Crippen molar-refractivity contribution in [3.63, 3.8) is 0 Å². The lowest BCUT2D eigenvalue weighted by atomic mass is 10.4. The summed E-state index contributed by atoms with van der Waals surface area (Å²) < 4.78 is 62.0. The first kappa shape index (κ1) is 55.4. The molecule has 0 aliphatic carbocycles. The number of hydrogen-bond donors (Lipinski definition) is 0. The van der Waals surface area contributed by atoms with Crippen LogP contribution in [-0.2, 0) is 32.9 Å². The summed E-state index contributed by atoms with van der Waals surface area (Å²) in [7, 11) is -22.6. The van der Waals surface area contributed by atoms with Gasteiger partial charge in [0.05, 0.1) is 0 Å². The van der Waals surface area contributed by atoms with Crippen molar-refractivity contribution in [3.05, 3.63) is 0 Å². The Balaban J connectivity index is 4.32. The highest BCUT2D eigenvalue weighted by Gasteiger charge is 2.57. The first-order valence-corrected chi connectivity index (χ1v) is 43.9. The van der Waals surface area contributed by atoms with Crippen molar-refractivity contribution >= 4 is 68.5 Å². The van der Waals surface area contributed by atoms with E-state index in [0.29, 0.717) is 0 Å². The van der Waals surface area contributed by atoms with Crippen LogP contribution in [0.25, 0.3) is 0 Å². The molecule has 8 nitrogen and oxygen atoms in total. The van der Waals surface area contributed by atoms with Gasteiger partial charge >= 0.3 is 68.5 Å². The predicted molar refractivity (Wildman–Crippen MR) is 259 cm³/mol. The third kappa shape index (κ3) is 20.5. The van der Waals surface area contributed by atoms with E-state index in [4.69, 9.17) is 32.9 Å². The summed E-state index contributed by atoms with van der Waals surface area (Å²) in [6.45, 7) is 37.1. The molecule has 1 saturated heterocycles. The average Bonchev–Trinajstić information content (AvgIpc) is 3.10. The molecule has 1 aliphatic rings. The molecule has 1 aliphatic heterocycles. The zero-order valence-corrected chi connectivity index (χ0v) is 48.2. The Morgan fingerprint density at radius 2 is 0.286 bits per heavy atom. The van der Waals surface area contributed by atoms with Crippen LogP contribution in [-0.4, -0.2) is 68.5 Å². The maximum absolute atomic E-state index is 7.75. The Kier molecular flexibility index (Phi) is 25.9. The Bertz CT molecular complexity index is 804. The minimum atomic E-state index is -2.82. The second-order valence-electron chi connectivity index (χ2n) is 18.7. The third-order valence-electron chi connectivity index (χ3n) is 11.3. The summed E-state index contributed by atoms with van der Waals surface area (Å²) >= 11 is 0. The first-order valence-electron chi connectivity index (χ1n) is 23.8. The highest BCUT2D eigenvalue weighted by molar-refractivity contribution is 6.95. The monoisotopic (exact) mass is 929 g/mol. The lowest BCUT2D eigenvalue weighted by Crippen LogP contribution is -2.67. The first-order chi connectivity index (χ1) is 26.1. The molecule has 0 spiro atoms. The molecule has 0 radical (unpaired) electrons. The van der Waals surface area contributed by atoms with Crippen LogP contribution < -0.4 is 0 Å². The van der Waals surface area contributed by atoms with Crippen molar-refractivity contribution in [1.29, 1.82) is 0 Å². The molecule has 0 unspecified atom stereocenters. The Hall–Kier alpha value is 1.42. The van der Waals surface area contributed by atoms with Crippen LogP contribution >= 0.6 is 0 Å². The molecular formula is C40H96O8Si8. The van der Waals surface area contributed by atoms with E-state index in [0.717, 1.165) is 151 Å². The van der Waals surface area contributed by atoms with E-state index in [1.165, 1.54) is 0 Å². The van der Waals surface area contributed by atoms with Crippen LogP contribution in [0.2, 0.25) is 101 Å². The van der Waals surface area contributed by atoms with Crippen LogP contribution in [0.1, 0.15) is 158 Å². The zero-order valence-electron chi connectivity index (χ0n) is 40.2. The van der Waals surface area contributed by atoms with Gasteiger partial charge in [0.1, 0.15) is 0 Å². The maximum atomic E-state index is 7.75. The largest absolute Gasteiger partial charge is 0.416 e. The van der Waals surface area contributed by atoms with E-state index in [1.54, 1.807) is 0 Å². The summed E-state index contributed by atoms with van der Waals surface area (Å²) in [5, 5.41) is 0. The van der Waals surface area contributed by atoms with E-state index in [9.17, 15) is 0 Å². The molecule has 0 aromatic heterocycles. The lowest BCUT2D eigenvalue weighted by Gasteiger charge is -2.50. The molecule has 1 fully saturated rings. The topological polar surface area (TPSA) is 73.8 Å². The van der Waals surface area contributed by atoms with E-state index in [-0.39, 0.29) is 0 Å². The molecule has 336 valence electrons. The van der Waals surface area contributed by atoms with Gasteiger partial charge in [-0.1, -0.05) is 158 Å². The molecule has 0 saturated carbocycles. The fourth-order valence-electron chi connectivity index (χ4n) is 8.62. The van der Waals surface area contributed by atoms with Gasteiger partial charge in [0.25, 0.3) is 0 Å². The number of hydrogen-bond acceptors (Lipinski definition) is 8. The Labute approximate surface area is 358 Å². The fraction of sp³-hybridized carbons (Fsp3) is 1.00. The van der Waals surface area contributed by atoms with Crippen molar-refractivity contribution in [1.82, 2.24) is 0 Å². The van der Waals surface area contributed by atoms with E-state index < -0.39 is 68.5 Å². The highest BCUT2D eigenvalue weighted by Crippen LogP contribution is 2.41. The normalized spacial score (nSPS) is 36.9. The number of unbranched alkanes of at least 4 members (excludes halogenated alkanes) is 8. The molecular weight excluding hydrogens is 833 g/mol. The Morgan fingerprint density at radius 3 is 0.357 bits per heavy atom. The van der Waals surface area contributed by atoms with Crippen molar-refractivity contribution in [2.45, 2.75) is 259 Å². The van der Waals surface area contributed by atoms with Crippen molar-refractivity contribution < 1.29 is 32.9 Å². The lowest BCUT2D eigenvalue weighted by molar-refractivity contribution is 0.222. The molecule has 0 N–H and O–H groups in total. The van der Waals surface area contributed by atoms with E-state index >= 15 is 0 Å². The highest BCUT2D eigenvalue weighted by atomic mass is 28.5. The van der Waals surface area contributed by atoms with Gasteiger partial charge in [0.15, 0.2) is 0 Å². The molecule has 0 aromatic carbocycles. The molecule has 1 heterocycles. The zero-order chi connectivity index (χ0) is 42.6. The van der Waals surface area contributed by atoms with Gasteiger partial charge in [-0.3, -0.25) is 0 Å². The molecule has 1 rings (SSSR count). The van der Waals surface area contributed by atoms with E-state index in [1.807, 2.05) is 0 Å². The molecule has 56 heavy (non-hydrogen) atoms. The van der Waals surface area contributed by atoms with Crippen LogP contribution in [0.5, 0.6) is 0 Å². The maximum Gasteiger partial charge on any atom is 0.317 e. The van der Waals surface area contributed by atoms with Gasteiger partial charge in [-0.25, -0.2) is 0 Å². The molecule has 0 bridgehead atoms. The SMILES string of the molecule is CCCC[Si]1(C)O[Si](C)(CCCC)O[Si](C)(CCCC)O[Si](C)(CCCC)O[Si](C)(CCCC)O[Si](C)(CCCC)O[Si](C)(CCCC)O[Si](C)(CCCC)O1. The minimum absolute atomic E-state index is 0.946. The van der Waals surface area contributed by atoms with Gasteiger partial charge in [0, 0.05) is 0 Å². The van der Waals surface area contributed by atoms with Gasteiger partial charge in [0.2, 0.25) is 0 Å². The van der Waals surface area contributed by atoms with E-state index in [2.05, 4.69) is 108 Å². The summed E-state index contributed by atoms with van der Waals surface area (Å²) in [4.78, 5) is 0. The number of rotatable bonds is 24. The summed E-state index contributed by atoms with van der Waals surface area (Å²) in [5.41, 5.74) is 0. The molecule has 0 amide bonds. The van der Waals surface area contributed by atoms with Crippen molar-refractivity contribution in [2.24, 2.45) is 0 Å². The van der Waals surface area contributed by atoms with Crippen LogP contribution in [0.4, 0.5) is 0 Å². The second-order valence-corrected chi connectivity index (χ2v) is 47.4. The smallest absolute Gasteiger partial charge is 0.317 e. The summed E-state index contributed by atoms with van der Waals surface area (Å²) in [6.07, 6.45) is 17.5. The van der Waals surface area contributed by atoms with Crippen molar-refractivity contribution in [3.8, 4) is 0 Å². The predicted octanol–water partition coefficient (Wildman–Crippen LogP) is 15.1. The quantitative estimate of drug-likeness (QED) is 0.0887. The molecule has 0 atom stereocenters. The molecule has 0 aromatic rings. The summed E-state index contributed by atoms with van der Waals surface area (Å²) in [5.74, 6) is 0. The van der Waals surface area contributed by atoms with Crippen molar-refractivity contribution in [2.75, 3.05) is 0 Å². The minimum Gasteiger partial charge on any atom is -0.416 e. The van der Waals surface area contributed by atoms with Gasteiger partial charge in [-0.15, -0.1) is 0 Å². The van der Waals surface area contributed by atoms with Crippen LogP contribution in [0, 0.1) is 0 Å². The molecule has 16 heteroatoms. The average molecular weight is 930 g/mol. The van der Waals surface area contributed by atoms with Gasteiger partial charge < -0.3 is 32.9 Å². The third-order valence-corrected chi connectivity index (χ3v) is 49.1. The standard InChI is InChI=1S/C40H96O8Si8/c1-17-25-33-49(9)41-50(10,34-26-18-2)43-52(12,36-28-20-4)45-54(14,38-30-22-6)47-56(16,40-32-24-8)48-55(15,39-31-23-7)46-53(13,37-29-21-5)44-51(11,42-49)35-27-19-3/h17-40H2,1-16H3. The Morgan fingerprint density at radius 1 is 0.196 bits per heavy atom.